The number of rotatable bonds is 8. The molecular weight excluding hydrogens is 440 g/mol. The van der Waals surface area contributed by atoms with Gasteiger partial charge in [0, 0.05) is 30.8 Å². The first-order valence-electron chi connectivity index (χ1n) is 11.2. The third-order valence-electron chi connectivity index (χ3n) is 5.41. The Kier molecular flexibility index (Phi) is 8.78. The molecule has 0 saturated carbocycles. The van der Waals surface area contributed by atoms with Crippen molar-refractivity contribution in [2.75, 3.05) is 26.8 Å². The van der Waals surface area contributed by atoms with E-state index in [2.05, 4.69) is 19.2 Å². The van der Waals surface area contributed by atoms with Crippen molar-refractivity contribution >= 4 is 29.5 Å². The van der Waals surface area contributed by atoms with Crippen LogP contribution in [0.4, 0.5) is 0 Å². The number of methoxy groups -OCH3 is 1. The average Bonchev–Trinajstić information content (AvgIpc) is 2.82. The van der Waals surface area contributed by atoms with E-state index in [4.69, 9.17) is 21.1 Å². The van der Waals surface area contributed by atoms with Crippen LogP contribution in [0.5, 0.6) is 11.5 Å². The molecule has 176 valence electrons. The lowest BCUT2D eigenvalue weighted by Gasteiger charge is -2.31. The second-order valence-corrected chi connectivity index (χ2v) is 8.92. The number of nitrogens with zero attached hydrogens (tertiary/aromatic N) is 1. The van der Waals surface area contributed by atoms with Crippen molar-refractivity contribution < 1.29 is 19.1 Å². The van der Waals surface area contributed by atoms with E-state index >= 15 is 0 Å². The quantitative estimate of drug-likeness (QED) is 0.562. The molecular formula is C26H31ClN2O4. The van der Waals surface area contributed by atoms with Crippen LogP contribution in [0.3, 0.4) is 0 Å². The first-order valence-corrected chi connectivity index (χ1v) is 11.6. The number of carbonyl (C=O) groups excluding carboxylic acids is 2. The van der Waals surface area contributed by atoms with Gasteiger partial charge in [0.1, 0.15) is 0 Å². The molecule has 1 aliphatic heterocycles. The summed E-state index contributed by atoms with van der Waals surface area (Å²) in [5.74, 6) is 1.25. The van der Waals surface area contributed by atoms with Crippen molar-refractivity contribution in [2.24, 2.45) is 5.92 Å². The normalized spacial score (nSPS) is 14.5. The zero-order valence-corrected chi connectivity index (χ0v) is 20.1. The molecule has 1 heterocycles. The van der Waals surface area contributed by atoms with Gasteiger partial charge < -0.3 is 19.7 Å². The van der Waals surface area contributed by atoms with Crippen LogP contribution in [0, 0.1) is 5.92 Å². The first kappa shape index (κ1) is 24.6. The van der Waals surface area contributed by atoms with Gasteiger partial charge in [-0.25, -0.2) is 0 Å². The lowest BCUT2D eigenvalue weighted by molar-refractivity contribution is -0.126. The summed E-state index contributed by atoms with van der Waals surface area (Å²) in [6, 6.07) is 12.8. The smallest absolute Gasteiger partial charge is 0.251 e. The summed E-state index contributed by atoms with van der Waals surface area (Å²) >= 11 is 6.39. The van der Waals surface area contributed by atoms with Gasteiger partial charge in [0.25, 0.3) is 5.91 Å². The Balaban J connectivity index is 1.55. The fraction of sp³-hybridized carbons (Fsp3) is 0.385. The summed E-state index contributed by atoms with van der Waals surface area (Å²) in [5.41, 5.74) is 1.40. The van der Waals surface area contributed by atoms with Crippen LogP contribution in [-0.2, 0) is 4.79 Å². The summed E-state index contributed by atoms with van der Waals surface area (Å²) < 4.78 is 11.2. The maximum absolute atomic E-state index is 12.7. The minimum Gasteiger partial charge on any atom is -0.493 e. The molecule has 0 atom stereocenters. The van der Waals surface area contributed by atoms with Gasteiger partial charge in [-0.2, -0.15) is 0 Å². The number of nitrogens with one attached hydrogen (secondary N) is 1. The number of carbonyl (C=O) groups is 2. The number of halogens is 1. The van der Waals surface area contributed by atoms with Crippen LogP contribution in [0.15, 0.2) is 48.5 Å². The Morgan fingerprint density at radius 2 is 1.88 bits per heavy atom. The van der Waals surface area contributed by atoms with Crippen molar-refractivity contribution in [3.8, 4) is 11.5 Å². The molecule has 2 amide bonds. The molecule has 33 heavy (non-hydrogen) atoms. The molecule has 0 aromatic heterocycles. The monoisotopic (exact) mass is 470 g/mol. The van der Waals surface area contributed by atoms with Gasteiger partial charge in [-0.15, -0.1) is 0 Å². The van der Waals surface area contributed by atoms with E-state index < -0.39 is 0 Å². The molecule has 0 radical (unpaired) electrons. The van der Waals surface area contributed by atoms with E-state index in [0.29, 0.717) is 47.7 Å². The van der Waals surface area contributed by atoms with Crippen molar-refractivity contribution in [2.45, 2.75) is 32.7 Å². The third-order valence-corrected chi connectivity index (χ3v) is 5.69. The van der Waals surface area contributed by atoms with Crippen molar-refractivity contribution in [1.29, 1.82) is 0 Å². The molecule has 7 heteroatoms. The van der Waals surface area contributed by atoms with Crippen molar-refractivity contribution in [1.82, 2.24) is 10.2 Å². The Morgan fingerprint density at radius 1 is 1.18 bits per heavy atom. The van der Waals surface area contributed by atoms with E-state index in [1.165, 1.54) is 0 Å². The van der Waals surface area contributed by atoms with E-state index in [-0.39, 0.29) is 17.9 Å². The summed E-state index contributed by atoms with van der Waals surface area (Å²) in [4.78, 5) is 26.8. The fourth-order valence-corrected chi connectivity index (χ4v) is 3.88. The molecule has 1 N–H and O–H groups in total. The van der Waals surface area contributed by atoms with E-state index in [9.17, 15) is 9.59 Å². The molecule has 3 rings (SSSR count). The summed E-state index contributed by atoms with van der Waals surface area (Å²) in [7, 11) is 1.56. The molecule has 6 nitrogen and oxygen atoms in total. The highest BCUT2D eigenvalue weighted by molar-refractivity contribution is 6.32. The average molecular weight is 471 g/mol. The van der Waals surface area contributed by atoms with Crippen molar-refractivity contribution in [3.63, 3.8) is 0 Å². The van der Waals surface area contributed by atoms with Crippen LogP contribution in [-0.4, -0.2) is 49.6 Å². The maximum Gasteiger partial charge on any atom is 0.251 e. The first-order chi connectivity index (χ1) is 15.9. The number of piperidine rings is 1. The second-order valence-electron chi connectivity index (χ2n) is 8.51. The summed E-state index contributed by atoms with van der Waals surface area (Å²) in [6.45, 7) is 5.83. The van der Waals surface area contributed by atoms with Gasteiger partial charge >= 0.3 is 0 Å². The van der Waals surface area contributed by atoms with Crippen LogP contribution in [0.2, 0.25) is 5.02 Å². The number of hydrogen-bond acceptors (Lipinski definition) is 4. The molecule has 1 aliphatic rings. The van der Waals surface area contributed by atoms with Crippen LogP contribution in [0.25, 0.3) is 6.08 Å². The largest absolute Gasteiger partial charge is 0.493 e. The minimum atomic E-state index is -0.0769. The van der Waals surface area contributed by atoms with Crippen molar-refractivity contribution in [3.05, 3.63) is 64.7 Å². The fourth-order valence-electron chi connectivity index (χ4n) is 3.60. The Hall–Kier alpha value is -2.99. The molecule has 1 saturated heterocycles. The lowest BCUT2D eigenvalue weighted by Crippen LogP contribution is -2.46. The molecule has 0 unspecified atom stereocenters. The topological polar surface area (TPSA) is 67.9 Å². The zero-order valence-electron chi connectivity index (χ0n) is 19.3. The van der Waals surface area contributed by atoms with E-state index in [1.807, 2.05) is 18.2 Å². The summed E-state index contributed by atoms with van der Waals surface area (Å²) in [5, 5.41) is 3.50. The number of benzene rings is 2. The van der Waals surface area contributed by atoms with Crippen LogP contribution < -0.4 is 14.8 Å². The van der Waals surface area contributed by atoms with Crippen LogP contribution in [0.1, 0.15) is 42.6 Å². The van der Waals surface area contributed by atoms with E-state index in [1.54, 1.807) is 48.4 Å². The predicted molar refractivity (Wildman–Crippen MR) is 131 cm³/mol. The highest BCUT2D eigenvalue weighted by Gasteiger charge is 2.23. The molecule has 0 bridgehead atoms. The number of ether oxygens (including phenoxy) is 2. The molecule has 2 aromatic carbocycles. The molecule has 2 aromatic rings. The van der Waals surface area contributed by atoms with Crippen LogP contribution >= 0.6 is 11.6 Å². The van der Waals surface area contributed by atoms with E-state index in [0.717, 1.165) is 18.4 Å². The highest BCUT2D eigenvalue weighted by Crippen LogP contribution is 2.37. The molecule has 0 spiro atoms. The summed E-state index contributed by atoms with van der Waals surface area (Å²) in [6.07, 6.45) is 4.72. The zero-order chi connectivity index (χ0) is 23.8. The Morgan fingerprint density at radius 3 is 2.52 bits per heavy atom. The van der Waals surface area contributed by atoms with Gasteiger partial charge in [0.15, 0.2) is 11.5 Å². The standard InChI is InChI=1S/C26H31ClN2O4/c1-18(2)17-33-25-22(27)15-19(16-23(25)32-3)9-10-24(30)29-13-11-21(12-14-29)28-26(31)20-7-5-4-6-8-20/h4-10,15-16,18,21H,11-14,17H2,1-3H3,(H,28,31). The minimum absolute atomic E-state index is 0.0622. The molecule has 1 fully saturated rings. The Bertz CT molecular complexity index is 983. The number of likely N-dealkylation sites (tertiary alicyclic amines) is 1. The lowest BCUT2D eigenvalue weighted by atomic mass is 10.0. The maximum atomic E-state index is 12.7. The van der Waals surface area contributed by atoms with Gasteiger partial charge in [0.2, 0.25) is 5.91 Å². The van der Waals surface area contributed by atoms with Gasteiger partial charge in [-0.3, -0.25) is 9.59 Å². The number of amides is 2. The van der Waals surface area contributed by atoms with Gasteiger partial charge in [-0.1, -0.05) is 43.6 Å². The third kappa shape index (κ3) is 6.99. The van der Waals surface area contributed by atoms with Gasteiger partial charge in [-0.05, 0) is 54.7 Å². The number of hydrogen-bond donors (Lipinski definition) is 1. The van der Waals surface area contributed by atoms with Gasteiger partial charge in [0.05, 0.1) is 18.7 Å². The molecule has 0 aliphatic carbocycles. The second kappa shape index (κ2) is 11.8. The highest BCUT2D eigenvalue weighted by atomic mass is 35.5. The predicted octanol–water partition coefficient (Wildman–Crippen LogP) is 4.82. The Labute approximate surface area is 200 Å². The SMILES string of the molecule is COc1cc(C=CC(=O)N2CCC(NC(=O)c3ccccc3)CC2)cc(Cl)c1OCC(C)C.